The number of anilines is 1. The minimum Gasteiger partial charge on any atom is -0.330 e. The van der Waals surface area contributed by atoms with E-state index in [-0.39, 0.29) is 18.9 Å². The predicted octanol–water partition coefficient (Wildman–Crippen LogP) is 3.66. The van der Waals surface area contributed by atoms with Crippen LogP contribution in [0.3, 0.4) is 0 Å². The first kappa shape index (κ1) is 20.5. The first-order valence-corrected chi connectivity index (χ1v) is 11.1. The number of aryl methyl sites for hydroxylation is 2. The highest BCUT2D eigenvalue weighted by Crippen LogP contribution is 2.47. The third-order valence-corrected chi connectivity index (χ3v) is 6.99. The number of benzene rings is 1. The Hall–Kier alpha value is -2.35. The summed E-state index contributed by atoms with van der Waals surface area (Å²) in [6.45, 7) is 3.94. The van der Waals surface area contributed by atoms with Crippen LogP contribution in [-0.4, -0.2) is 34.7 Å². The molecule has 1 spiro atoms. The first-order valence-electron chi connectivity index (χ1n) is 11.1. The van der Waals surface area contributed by atoms with E-state index < -0.39 is 18.0 Å². The monoisotopic (exact) mass is 432 g/mol. The number of rotatable bonds is 6. The molecule has 1 N–H and O–H groups in total. The lowest BCUT2D eigenvalue weighted by Gasteiger charge is -2.38. The second kappa shape index (κ2) is 7.36. The fourth-order valence-corrected chi connectivity index (χ4v) is 5.45. The lowest BCUT2D eigenvalue weighted by molar-refractivity contribution is -0.136. The minimum absolute atomic E-state index is 0.0255. The van der Waals surface area contributed by atoms with Crippen molar-refractivity contribution in [2.24, 2.45) is 0 Å². The second-order valence-electron chi connectivity index (χ2n) is 8.89. The largest absolute Gasteiger partial charge is 0.389 e. The molecule has 3 heterocycles. The molecule has 2 aliphatic heterocycles. The van der Waals surface area contributed by atoms with Gasteiger partial charge in [-0.1, -0.05) is 19.1 Å². The normalized spacial score (nSPS) is 19.1. The molecule has 1 aromatic heterocycles. The summed E-state index contributed by atoms with van der Waals surface area (Å²) >= 11 is 0. The van der Waals surface area contributed by atoms with Gasteiger partial charge in [0.15, 0.2) is 0 Å². The Kier molecular flexibility index (Phi) is 4.88. The number of hydrogen-bond acceptors (Lipinski definition) is 3. The molecule has 1 fully saturated rings. The maximum atomic E-state index is 13.6. The first-order chi connectivity index (χ1) is 14.8. The molecule has 1 saturated heterocycles. The molecule has 8 heteroatoms. The van der Waals surface area contributed by atoms with Crippen LogP contribution in [0.4, 0.5) is 18.9 Å². The Balaban J connectivity index is 1.48. The molecule has 0 atom stereocenters. The van der Waals surface area contributed by atoms with Crippen LogP contribution < -0.4 is 10.2 Å². The number of aromatic nitrogens is 2. The summed E-state index contributed by atoms with van der Waals surface area (Å²) in [7, 11) is 0. The van der Waals surface area contributed by atoms with Crippen molar-refractivity contribution in [3.8, 4) is 0 Å². The molecule has 3 aliphatic rings. The minimum atomic E-state index is -4.16. The van der Waals surface area contributed by atoms with Crippen molar-refractivity contribution < 1.29 is 18.0 Å². The molecule has 1 aliphatic carbocycles. The standard InChI is InChI=1S/C23H27F3N4O/c1-2-15-6-3-9-18-20(15)22(13-27-14-22)21(31)30(18)12-19-28-16-7-4-8-17(16)29(19)11-5-10-23(24,25)26/h3,6,9,27H,2,4-5,7-8,10-14H2,1H3. The van der Waals surface area contributed by atoms with Gasteiger partial charge in [-0.3, -0.25) is 4.79 Å². The third kappa shape index (κ3) is 3.26. The van der Waals surface area contributed by atoms with Crippen molar-refractivity contribution in [1.29, 1.82) is 0 Å². The van der Waals surface area contributed by atoms with E-state index in [1.807, 2.05) is 21.6 Å². The lowest BCUT2D eigenvalue weighted by atomic mass is 9.74. The van der Waals surface area contributed by atoms with E-state index in [1.165, 1.54) is 5.56 Å². The van der Waals surface area contributed by atoms with E-state index in [9.17, 15) is 18.0 Å². The number of carbonyl (C=O) groups excluding carboxylic acids is 1. The number of imidazole rings is 1. The van der Waals surface area contributed by atoms with Crippen LogP contribution in [0.15, 0.2) is 18.2 Å². The van der Waals surface area contributed by atoms with E-state index >= 15 is 0 Å². The molecule has 2 aromatic rings. The SMILES string of the molecule is CCc1cccc2c1C1(CNC1)C(=O)N2Cc1nc2c(n1CCCC(F)(F)F)CCC2. The molecule has 0 unspecified atom stereocenters. The third-order valence-electron chi connectivity index (χ3n) is 6.99. The van der Waals surface area contributed by atoms with E-state index in [0.717, 1.165) is 48.3 Å². The van der Waals surface area contributed by atoms with Gasteiger partial charge in [0.2, 0.25) is 5.91 Å². The van der Waals surface area contributed by atoms with Crippen LogP contribution in [0.1, 0.15) is 54.5 Å². The topological polar surface area (TPSA) is 50.2 Å². The van der Waals surface area contributed by atoms with Gasteiger partial charge in [-0.25, -0.2) is 4.98 Å². The lowest BCUT2D eigenvalue weighted by Crippen LogP contribution is -2.62. The number of hydrogen-bond donors (Lipinski definition) is 1. The molecule has 0 radical (unpaired) electrons. The van der Waals surface area contributed by atoms with Gasteiger partial charge in [0.05, 0.1) is 12.2 Å². The maximum absolute atomic E-state index is 13.6. The second-order valence-corrected chi connectivity index (χ2v) is 8.89. The molecule has 1 amide bonds. The average Bonchev–Trinajstić information content (AvgIpc) is 3.33. The van der Waals surface area contributed by atoms with Crippen LogP contribution in [-0.2, 0) is 42.6 Å². The van der Waals surface area contributed by atoms with Crippen molar-refractivity contribution in [3.63, 3.8) is 0 Å². The predicted molar refractivity (Wildman–Crippen MR) is 111 cm³/mol. The van der Waals surface area contributed by atoms with Gasteiger partial charge < -0.3 is 14.8 Å². The number of amides is 1. The van der Waals surface area contributed by atoms with E-state index in [0.29, 0.717) is 25.5 Å². The molecule has 5 rings (SSSR count). The summed E-state index contributed by atoms with van der Waals surface area (Å²) in [5.41, 5.74) is 4.74. The van der Waals surface area contributed by atoms with E-state index in [2.05, 4.69) is 18.3 Å². The van der Waals surface area contributed by atoms with E-state index in [1.54, 1.807) is 0 Å². The van der Waals surface area contributed by atoms with Crippen LogP contribution >= 0.6 is 0 Å². The van der Waals surface area contributed by atoms with Crippen LogP contribution in [0, 0.1) is 0 Å². The summed E-state index contributed by atoms with van der Waals surface area (Å²) in [4.78, 5) is 20.2. The summed E-state index contributed by atoms with van der Waals surface area (Å²) < 4.78 is 40.1. The number of halogens is 3. The fraction of sp³-hybridized carbons (Fsp3) is 0.565. The summed E-state index contributed by atoms with van der Waals surface area (Å²) in [6, 6.07) is 6.06. The van der Waals surface area contributed by atoms with Crippen LogP contribution in [0.5, 0.6) is 0 Å². The Labute approximate surface area is 179 Å². The van der Waals surface area contributed by atoms with Crippen molar-refractivity contribution in [3.05, 3.63) is 46.5 Å². The van der Waals surface area contributed by atoms with Crippen molar-refractivity contribution in [2.75, 3.05) is 18.0 Å². The summed E-state index contributed by atoms with van der Waals surface area (Å²) in [5.74, 6) is 0.782. The number of carbonyl (C=O) groups is 1. The van der Waals surface area contributed by atoms with Crippen molar-refractivity contribution in [2.45, 2.75) is 70.1 Å². The van der Waals surface area contributed by atoms with Crippen molar-refractivity contribution in [1.82, 2.24) is 14.9 Å². The van der Waals surface area contributed by atoms with Gasteiger partial charge in [0.1, 0.15) is 11.2 Å². The molecule has 5 nitrogen and oxygen atoms in total. The van der Waals surface area contributed by atoms with Gasteiger partial charge >= 0.3 is 6.18 Å². The van der Waals surface area contributed by atoms with E-state index in [4.69, 9.17) is 4.98 Å². The quantitative estimate of drug-likeness (QED) is 0.758. The van der Waals surface area contributed by atoms with Crippen LogP contribution in [0.25, 0.3) is 0 Å². The molecular weight excluding hydrogens is 405 g/mol. The Morgan fingerprint density at radius 3 is 2.71 bits per heavy atom. The molecule has 31 heavy (non-hydrogen) atoms. The van der Waals surface area contributed by atoms with Gasteiger partial charge in [-0.05, 0) is 49.3 Å². The highest BCUT2D eigenvalue weighted by atomic mass is 19.4. The average molecular weight is 432 g/mol. The number of nitrogens with one attached hydrogen (secondary N) is 1. The van der Waals surface area contributed by atoms with Crippen molar-refractivity contribution >= 4 is 11.6 Å². The Bertz CT molecular complexity index is 1020. The number of alkyl halides is 3. The molecule has 0 bridgehead atoms. The highest BCUT2D eigenvalue weighted by Gasteiger charge is 2.55. The highest BCUT2D eigenvalue weighted by molar-refractivity contribution is 6.09. The Morgan fingerprint density at radius 2 is 2.03 bits per heavy atom. The molecular formula is C23H27F3N4O. The summed E-state index contributed by atoms with van der Waals surface area (Å²) in [5, 5.41) is 3.26. The number of fused-ring (bicyclic) bond motifs is 3. The maximum Gasteiger partial charge on any atom is 0.389 e. The Morgan fingerprint density at radius 1 is 1.23 bits per heavy atom. The zero-order valence-electron chi connectivity index (χ0n) is 17.7. The molecule has 0 saturated carbocycles. The smallest absolute Gasteiger partial charge is 0.330 e. The van der Waals surface area contributed by atoms with Crippen LogP contribution in [0.2, 0.25) is 0 Å². The molecule has 166 valence electrons. The van der Waals surface area contributed by atoms with Gasteiger partial charge in [0, 0.05) is 37.4 Å². The van der Waals surface area contributed by atoms with Gasteiger partial charge in [-0.2, -0.15) is 13.2 Å². The zero-order valence-corrected chi connectivity index (χ0v) is 17.7. The number of nitrogens with zero attached hydrogens (tertiary/aromatic N) is 3. The van der Waals surface area contributed by atoms with Gasteiger partial charge in [0.25, 0.3) is 0 Å². The fourth-order valence-electron chi connectivity index (χ4n) is 5.45. The summed E-state index contributed by atoms with van der Waals surface area (Å²) in [6.07, 6.45) is -1.41. The van der Waals surface area contributed by atoms with Gasteiger partial charge in [-0.15, -0.1) is 0 Å². The molecule has 1 aromatic carbocycles. The zero-order chi connectivity index (χ0) is 21.8.